The SMILES string of the molecule is COCC(C)OCC(O)CN1CCCc2[nH]ncc2C1. The quantitative estimate of drug-likeness (QED) is 0.765. The first-order chi connectivity index (χ1) is 9.69. The fraction of sp³-hybridized carbons (Fsp3) is 0.786. The highest BCUT2D eigenvalue weighted by atomic mass is 16.5. The van der Waals surface area contributed by atoms with E-state index in [4.69, 9.17) is 9.47 Å². The van der Waals surface area contributed by atoms with E-state index in [1.54, 1.807) is 7.11 Å². The van der Waals surface area contributed by atoms with E-state index in [0.717, 1.165) is 25.9 Å². The van der Waals surface area contributed by atoms with E-state index in [9.17, 15) is 5.11 Å². The number of aliphatic hydroxyl groups excluding tert-OH is 1. The molecular weight excluding hydrogens is 258 g/mol. The molecule has 1 aromatic rings. The Bertz CT molecular complexity index is 397. The fourth-order valence-corrected chi connectivity index (χ4v) is 2.55. The van der Waals surface area contributed by atoms with Crippen LogP contribution in [0.3, 0.4) is 0 Å². The Labute approximate surface area is 120 Å². The van der Waals surface area contributed by atoms with Crippen LogP contribution < -0.4 is 0 Å². The Morgan fingerprint density at radius 3 is 3.15 bits per heavy atom. The maximum absolute atomic E-state index is 10.1. The summed E-state index contributed by atoms with van der Waals surface area (Å²) in [7, 11) is 1.65. The van der Waals surface area contributed by atoms with Gasteiger partial charge in [-0.15, -0.1) is 0 Å². The molecule has 0 saturated heterocycles. The van der Waals surface area contributed by atoms with Crippen molar-refractivity contribution >= 4 is 0 Å². The lowest BCUT2D eigenvalue weighted by Gasteiger charge is -2.24. The number of aliphatic hydroxyl groups is 1. The monoisotopic (exact) mass is 283 g/mol. The lowest BCUT2D eigenvalue weighted by molar-refractivity contribution is -0.0402. The smallest absolute Gasteiger partial charge is 0.0900 e. The van der Waals surface area contributed by atoms with Gasteiger partial charge in [-0.2, -0.15) is 5.10 Å². The third kappa shape index (κ3) is 4.56. The Balaban J connectivity index is 1.75. The highest BCUT2D eigenvalue weighted by Crippen LogP contribution is 2.16. The molecule has 0 spiro atoms. The number of aromatic nitrogens is 2. The molecule has 20 heavy (non-hydrogen) atoms. The molecule has 2 unspecified atom stereocenters. The summed E-state index contributed by atoms with van der Waals surface area (Å²) in [6.07, 6.45) is 3.55. The fourth-order valence-electron chi connectivity index (χ4n) is 2.55. The Morgan fingerprint density at radius 1 is 1.50 bits per heavy atom. The molecule has 6 nitrogen and oxygen atoms in total. The highest BCUT2D eigenvalue weighted by Gasteiger charge is 2.18. The van der Waals surface area contributed by atoms with Crippen molar-refractivity contribution in [3.63, 3.8) is 0 Å². The third-order valence-electron chi connectivity index (χ3n) is 3.55. The maximum atomic E-state index is 10.1. The second-order valence-electron chi connectivity index (χ2n) is 5.47. The van der Waals surface area contributed by atoms with Crippen molar-refractivity contribution in [2.75, 3.05) is 33.4 Å². The van der Waals surface area contributed by atoms with Gasteiger partial charge in [0.2, 0.25) is 0 Å². The van der Waals surface area contributed by atoms with Crippen LogP contribution in [0.25, 0.3) is 0 Å². The largest absolute Gasteiger partial charge is 0.389 e. The van der Waals surface area contributed by atoms with E-state index in [-0.39, 0.29) is 6.10 Å². The van der Waals surface area contributed by atoms with E-state index >= 15 is 0 Å². The molecule has 1 aliphatic heterocycles. The van der Waals surface area contributed by atoms with Gasteiger partial charge in [0, 0.05) is 31.5 Å². The maximum Gasteiger partial charge on any atom is 0.0900 e. The number of H-pyrrole nitrogens is 1. The molecule has 1 aromatic heterocycles. The third-order valence-corrected chi connectivity index (χ3v) is 3.55. The molecule has 0 amide bonds. The molecule has 0 fully saturated rings. The standard InChI is InChI=1S/C14H25N3O3/c1-11(9-19-2)20-10-13(18)8-17-5-3-4-14-12(7-17)6-15-16-14/h6,11,13,18H,3-5,7-10H2,1-2H3,(H,15,16). The Kier molecular flexibility index (Phi) is 5.97. The number of aryl methyl sites for hydroxylation is 1. The summed E-state index contributed by atoms with van der Waals surface area (Å²) < 4.78 is 10.6. The number of methoxy groups -OCH3 is 1. The Morgan fingerprint density at radius 2 is 2.35 bits per heavy atom. The molecule has 0 saturated carbocycles. The van der Waals surface area contributed by atoms with Crippen LogP contribution >= 0.6 is 0 Å². The zero-order valence-corrected chi connectivity index (χ0v) is 12.3. The van der Waals surface area contributed by atoms with E-state index < -0.39 is 6.10 Å². The zero-order valence-electron chi connectivity index (χ0n) is 12.3. The summed E-state index contributed by atoms with van der Waals surface area (Å²) >= 11 is 0. The van der Waals surface area contributed by atoms with Crippen molar-refractivity contribution in [1.82, 2.24) is 15.1 Å². The second-order valence-corrected chi connectivity index (χ2v) is 5.47. The number of nitrogens with zero attached hydrogens (tertiary/aromatic N) is 2. The average Bonchev–Trinajstić information content (AvgIpc) is 2.76. The molecule has 0 aromatic carbocycles. The number of ether oxygens (including phenoxy) is 2. The van der Waals surface area contributed by atoms with Crippen LogP contribution in [0, 0.1) is 0 Å². The molecule has 2 atom stereocenters. The van der Waals surface area contributed by atoms with Crippen LogP contribution in [0.5, 0.6) is 0 Å². The van der Waals surface area contributed by atoms with Crippen LogP contribution in [-0.2, 0) is 22.4 Å². The molecule has 0 aliphatic carbocycles. The van der Waals surface area contributed by atoms with Gasteiger partial charge in [0.25, 0.3) is 0 Å². The van der Waals surface area contributed by atoms with Crippen molar-refractivity contribution in [2.45, 2.75) is 38.5 Å². The zero-order chi connectivity index (χ0) is 14.4. The van der Waals surface area contributed by atoms with Crippen molar-refractivity contribution in [2.24, 2.45) is 0 Å². The molecule has 6 heteroatoms. The number of rotatable bonds is 7. The number of hydrogen-bond acceptors (Lipinski definition) is 5. The van der Waals surface area contributed by atoms with Gasteiger partial charge < -0.3 is 14.6 Å². The van der Waals surface area contributed by atoms with E-state index in [1.165, 1.54) is 11.3 Å². The van der Waals surface area contributed by atoms with Gasteiger partial charge in [0.1, 0.15) is 0 Å². The summed E-state index contributed by atoms with van der Waals surface area (Å²) in [5.74, 6) is 0. The van der Waals surface area contributed by atoms with E-state index in [1.807, 2.05) is 13.1 Å². The predicted octanol–water partition coefficient (Wildman–Crippen LogP) is 0.570. The molecule has 2 N–H and O–H groups in total. The van der Waals surface area contributed by atoms with E-state index in [2.05, 4.69) is 15.1 Å². The number of fused-ring (bicyclic) bond motifs is 1. The predicted molar refractivity (Wildman–Crippen MR) is 75.5 cm³/mol. The van der Waals surface area contributed by atoms with Crippen LogP contribution in [0.1, 0.15) is 24.6 Å². The molecule has 0 bridgehead atoms. The average molecular weight is 283 g/mol. The van der Waals surface area contributed by atoms with Crippen molar-refractivity contribution in [3.05, 3.63) is 17.5 Å². The van der Waals surface area contributed by atoms with Crippen molar-refractivity contribution in [1.29, 1.82) is 0 Å². The van der Waals surface area contributed by atoms with Crippen LogP contribution in [-0.4, -0.2) is 65.8 Å². The lowest BCUT2D eigenvalue weighted by atomic mass is 10.2. The molecule has 0 radical (unpaired) electrons. The van der Waals surface area contributed by atoms with Crippen molar-refractivity contribution < 1.29 is 14.6 Å². The number of aromatic amines is 1. The molecule has 2 rings (SSSR count). The van der Waals surface area contributed by atoms with E-state index in [0.29, 0.717) is 19.8 Å². The molecule has 114 valence electrons. The van der Waals surface area contributed by atoms with Gasteiger partial charge >= 0.3 is 0 Å². The normalized spacial score (nSPS) is 19.4. The first-order valence-corrected chi connectivity index (χ1v) is 7.21. The summed E-state index contributed by atoms with van der Waals surface area (Å²) in [6.45, 7) is 5.31. The van der Waals surface area contributed by atoms with Crippen molar-refractivity contribution in [3.8, 4) is 0 Å². The molecule has 2 heterocycles. The van der Waals surface area contributed by atoms with Gasteiger partial charge in [0.15, 0.2) is 0 Å². The lowest BCUT2D eigenvalue weighted by Crippen LogP contribution is -2.35. The highest BCUT2D eigenvalue weighted by molar-refractivity contribution is 5.17. The Hall–Kier alpha value is -0.950. The first-order valence-electron chi connectivity index (χ1n) is 7.21. The minimum Gasteiger partial charge on any atom is -0.389 e. The number of hydrogen-bond donors (Lipinski definition) is 2. The van der Waals surface area contributed by atoms with Crippen LogP contribution in [0.2, 0.25) is 0 Å². The van der Waals surface area contributed by atoms with Gasteiger partial charge in [-0.25, -0.2) is 0 Å². The van der Waals surface area contributed by atoms with Crippen LogP contribution in [0.15, 0.2) is 6.20 Å². The second kappa shape index (κ2) is 7.73. The molecule has 1 aliphatic rings. The topological polar surface area (TPSA) is 70.6 Å². The first kappa shape index (κ1) is 15.4. The van der Waals surface area contributed by atoms with Crippen LogP contribution in [0.4, 0.5) is 0 Å². The number of nitrogens with one attached hydrogen (secondary N) is 1. The van der Waals surface area contributed by atoms with Gasteiger partial charge in [0.05, 0.1) is 31.6 Å². The minimum atomic E-state index is -0.470. The summed E-state index contributed by atoms with van der Waals surface area (Å²) in [5.41, 5.74) is 2.47. The summed E-state index contributed by atoms with van der Waals surface area (Å²) in [5, 5.41) is 17.2. The molecular formula is C14H25N3O3. The van der Waals surface area contributed by atoms with Gasteiger partial charge in [-0.05, 0) is 26.3 Å². The summed E-state index contributed by atoms with van der Waals surface area (Å²) in [4.78, 5) is 2.26. The summed E-state index contributed by atoms with van der Waals surface area (Å²) in [6, 6.07) is 0. The minimum absolute atomic E-state index is 0.0132. The van der Waals surface area contributed by atoms with Gasteiger partial charge in [-0.1, -0.05) is 0 Å². The van der Waals surface area contributed by atoms with Gasteiger partial charge in [-0.3, -0.25) is 10.00 Å². The number of β-amino-alcohol motifs (C(OH)–C–C–N with tert-alkyl or cyclic N) is 1.